The number of amides is 1. The maximum atomic E-state index is 13.1. The van der Waals surface area contributed by atoms with Crippen molar-refractivity contribution in [3.8, 4) is 11.5 Å². The maximum Gasteiger partial charge on any atom is 0.330 e. The summed E-state index contributed by atoms with van der Waals surface area (Å²) in [4.78, 5) is 41.4. The Hall–Kier alpha value is -3.49. The Morgan fingerprint density at radius 2 is 2.09 bits per heavy atom. The van der Waals surface area contributed by atoms with Crippen LogP contribution in [0.5, 0.6) is 11.5 Å². The molecule has 9 nitrogen and oxygen atoms in total. The number of hydrogen-bond donors (Lipinski definition) is 2. The molecule has 178 valence electrons. The Labute approximate surface area is 192 Å². The predicted molar refractivity (Wildman–Crippen MR) is 129 cm³/mol. The fourth-order valence-electron chi connectivity index (χ4n) is 3.92. The van der Waals surface area contributed by atoms with Crippen molar-refractivity contribution in [2.75, 3.05) is 23.8 Å². The summed E-state index contributed by atoms with van der Waals surface area (Å²) in [6.45, 7) is 8.66. The third kappa shape index (κ3) is 5.13. The van der Waals surface area contributed by atoms with Gasteiger partial charge in [-0.2, -0.15) is 0 Å². The lowest BCUT2D eigenvalue weighted by atomic mass is 10.1. The van der Waals surface area contributed by atoms with Gasteiger partial charge >= 0.3 is 5.69 Å². The minimum atomic E-state index is -0.691. The molecule has 1 aliphatic rings. The highest BCUT2D eigenvalue weighted by atomic mass is 16.5. The van der Waals surface area contributed by atoms with Gasteiger partial charge in [-0.25, -0.2) is 4.79 Å². The molecule has 0 saturated carbocycles. The maximum absolute atomic E-state index is 13.1. The number of H-pyrrole nitrogens is 1. The molecule has 1 aromatic heterocycles. The van der Waals surface area contributed by atoms with Crippen molar-refractivity contribution >= 4 is 23.5 Å². The average Bonchev–Trinajstić information content (AvgIpc) is 3.13. The van der Waals surface area contributed by atoms with E-state index in [0.29, 0.717) is 24.5 Å². The highest BCUT2D eigenvalue weighted by Gasteiger charge is 2.23. The van der Waals surface area contributed by atoms with Gasteiger partial charge in [-0.05, 0) is 45.4 Å². The lowest BCUT2D eigenvalue weighted by molar-refractivity contribution is -0.114. The Kier molecular flexibility index (Phi) is 7.63. The van der Waals surface area contributed by atoms with Gasteiger partial charge in [0.05, 0.1) is 6.61 Å². The SMILES string of the molecule is CCCCn1c(N)c(N(CC)C(=O)/C=C/c2cc3c(cc2OCC)CC(C)O3)c(=O)[nH]c1=O. The number of fused-ring (bicyclic) bond motifs is 1. The summed E-state index contributed by atoms with van der Waals surface area (Å²) in [6, 6.07) is 3.80. The van der Waals surface area contributed by atoms with E-state index in [1.165, 1.54) is 15.5 Å². The third-order valence-electron chi connectivity index (χ3n) is 5.54. The number of nitrogens with two attached hydrogens (primary N) is 1. The van der Waals surface area contributed by atoms with E-state index >= 15 is 0 Å². The first kappa shape index (κ1) is 24.2. The second-order valence-corrected chi connectivity index (χ2v) is 7.98. The molecule has 0 bridgehead atoms. The Balaban J connectivity index is 1.95. The van der Waals surface area contributed by atoms with Crippen LogP contribution in [0.4, 0.5) is 11.5 Å². The number of rotatable bonds is 9. The van der Waals surface area contributed by atoms with E-state index in [4.69, 9.17) is 15.2 Å². The molecule has 33 heavy (non-hydrogen) atoms. The van der Waals surface area contributed by atoms with Crippen molar-refractivity contribution < 1.29 is 14.3 Å². The van der Waals surface area contributed by atoms with Crippen LogP contribution in [0.3, 0.4) is 0 Å². The summed E-state index contributed by atoms with van der Waals surface area (Å²) >= 11 is 0. The van der Waals surface area contributed by atoms with E-state index in [9.17, 15) is 14.4 Å². The zero-order valence-electron chi connectivity index (χ0n) is 19.6. The Morgan fingerprint density at radius 3 is 2.76 bits per heavy atom. The lowest BCUT2D eigenvalue weighted by Gasteiger charge is -2.22. The quantitative estimate of drug-likeness (QED) is 0.560. The van der Waals surface area contributed by atoms with Crippen LogP contribution in [0, 0.1) is 0 Å². The van der Waals surface area contributed by atoms with Crippen LogP contribution >= 0.6 is 0 Å². The average molecular weight is 457 g/mol. The largest absolute Gasteiger partial charge is 0.493 e. The van der Waals surface area contributed by atoms with Gasteiger partial charge in [-0.3, -0.25) is 19.1 Å². The van der Waals surface area contributed by atoms with Gasteiger partial charge in [0.25, 0.3) is 11.5 Å². The number of nitrogens with zero attached hydrogens (tertiary/aromatic N) is 2. The van der Waals surface area contributed by atoms with E-state index in [2.05, 4.69) is 4.98 Å². The van der Waals surface area contributed by atoms with Crippen molar-refractivity contribution in [2.24, 2.45) is 0 Å². The number of anilines is 2. The van der Waals surface area contributed by atoms with Crippen molar-refractivity contribution in [2.45, 2.75) is 59.6 Å². The number of aromatic amines is 1. The fraction of sp³-hybridized carbons (Fsp3) is 0.458. The third-order valence-corrected chi connectivity index (χ3v) is 5.54. The predicted octanol–water partition coefficient (Wildman–Crippen LogP) is 2.71. The zero-order chi connectivity index (χ0) is 24.1. The van der Waals surface area contributed by atoms with Gasteiger partial charge < -0.3 is 20.1 Å². The summed E-state index contributed by atoms with van der Waals surface area (Å²) in [5.41, 5.74) is 6.64. The molecular formula is C24H32N4O5. The molecule has 0 saturated heterocycles. The topological polar surface area (TPSA) is 120 Å². The molecule has 3 rings (SSSR count). The summed E-state index contributed by atoms with van der Waals surface area (Å²) in [5.74, 6) is 0.976. The van der Waals surface area contributed by atoms with Crippen LogP contribution in [-0.2, 0) is 17.8 Å². The standard InChI is InChI=1S/C24H32N4O5/c1-5-8-11-28-22(25)21(23(30)26-24(28)31)27(6-2)20(29)10-9-16-13-19-17(12-15(4)33-19)14-18(16)32-7-3/h9-10,13-15H,5-8,11-12,25H2,1-4H3,(H,26,30,31)/b10-9+. The van der Waals surface area contributed by atoms with Gasteiger partial charge in [-0.15, -0.1) is 0 Å². The molecule has 1 atom stereocenters. The number of nitrogens with one attached hydrogen (secondary N) is 1. The number of carbonyl (C=O) groups is 1. The van der Waals surface area contributed by atoms with Crippen molar-refractivity contribution in [3.05, 3.63) is 50.2 Å². The molecule has 2 heterocycles. The smallest absolute Gasteiger partial charge is 0.330 e. The number of likely N-dealkylation sites (N-methyl/N-ethyl adjacent to an activating group) is 1. The van der Waals surface area contributed by atoms with Crippen molar-refractivity contribution in [1.29, 1.82) is 0 Å². The van der Waals surface area contributed by atoms with E-state index in [0.717, 1.165) is 30.6 Å². The minimum Gasteiger partial charge on any atom is -0.493 e. The molecule has 2 aromatic rings. The van der Waals surface area contributed by atoms with Crippen LogP contribution in [-0.4, -0.2) is 34.7 Å². The van der Waals surface area contributed by atoms with Gasteiger partial charge in [-0.1, -0.05) is 13.3 Å². The van der Waals surface area contributed by atoms with Gasteiger partial charge in [0.1, 0.15) is 23.4 Å². The molecular weight excluding hydrogens is 424 g/mol. The fourth-order valence-corrected chi connectivity index (χ4v) is 3.92. The van der Waals surface area contributed by atoms with Gasteiger partial charge in [0.15, 0.2) is 5.69 Å². The minimum absolute atomic E-state index is 0.0178. The number of carbonyl (C=O) groups excluding carboxylic acids is 1. The second-order valence-electron chi connectivity index (χ2n) is 7.98. The zero-order valence-corrected chi connectivity index (χ0v) is 19.6. The summed E-state index contributed by atoms with van der Waals surface area (Å²) in [5, 5.41) is 0. The second kappa shape index (κ2) is 10.4. The molecule has 0 aliphatic carbocycles. The highest BCUT2D eigenvalue weighted by molar-refractivity contribution is 6.05. The number of nitrogen functional groups attached to an aromatic ring is 1. The molecule has 1 unspecified atom stereocenters. The number of hydrogen-bond acceptors (Lipinski definition) is 6. The summed E-state index contributed by atoms with van der Waals surface area (Å²) in [6.07, 6.45) is 5.47. The molecule has 1 aromatic carbocycles. The van der Waals surface area contributed by atoms with Gasteiger partial charge in [0, 0.05) is 36.7 Å². The molecule has 9 heteroatoms. The van der Waals surface area contributed by atoms with E-state index in [1.54, 1.807) is 13.0 Å². The monoisotopic (exact) mass is 456 g/mol. The first-order chi connectivity index (χ1) is 15.8. The van der Waals surface area contributed by atoms with Crippen molar-refractivity contribution in [3.63, 3.8) is 0 Å². The number of ether oxygens (including phenoxy) is 2. The van der Waals surface area contributed by atoms with Crippen LogP contribution in [0.25, 0.3) is 6.08 Å². The molecule has 0 spiro atoms. The van der Waals surface area contributed by atoms with Crippen LogP contribution in [0.15, 0.2) is 27.8 Å². The summed E-state index contributed by atoms with van der Waals surface area (Å²) < 4.78 is 12.9. The molecule has 1 amide bonds. The molecule has 1 aliphatic heterocycles. The first-order valence-corrected chi connectivity index (χ1v) is 11.4. The van der Waals surface area contributed by atoms with Crippen LogP contribution in [0.2, 0.25) is 0 Å². The lowest BCUT2D eigenvalue weighted by Crippen LogP contribution is -2.40. The number of aromatic nitrogens is 2. The first-order valence-electron chi connectivity index (χ1n) is 11.4. The van der Waals surface area contributed by atoms with Crippen molar-refractivity contribution in [1.82, 2.24) is 9.55 Å². The molecule has 0 fully saturated rings. The highest BCUT2D eigenvalue weighted by Crippen LogP contribution is 2.35. The van der Waals surface area contributed by atoms with E-state index in [-0.39, 0.29) is 24.2 Å². The van der Waals surface area contributed by atoms with Crippen LogP contribution in [0.1, 0.15) is 51.7 Å². The number of unbranched alkanes of at least 4 members (excludes halogenated alkanes) is 1. The Bertz CT molecular complexity index is 1160. The molecule has 0 radical (unpaired) electrons. The summed E-state index contributed by atoms with van der Waals surface area (Å²) in [7, 11) is 0. The van der Waals surface area contributed by atoms with E-state index in [1.807, 2.05) is 32.9 Å². The van der Waals surface area contributed by atoms with Gasteiger partial charge in [0.2, 0.25) is 0 Å². The Morgan fingerprint density at radius 1 is 1.33 bits per heavy atom. The normalized spacial score (nSPS) is 14.8. The number of benzene rings is 1. The van der Waals surface area contributed by atoms with Crippen LogP contribution < -0.4 is 31.4 Å². The van der Waals surface area contributed by atoms with E-state index < -0.39 is 17.2 Å². The molecule has 3 N–H and O–H groups in total.